The highest BCUT2D eigenvalue weighted by molar-refractivity contribution is 5.95. The van der Waals surface area contributed by atoms with Crippen LogP contribution >= 0.6 is 0 Å². The molecule has 0 aliphatic heterocycles. The maximum Gasteiger partial charge on any atom is 0.248 e. The van der Waals surface area contributed by atoms with E-state index in [2.05, 4.69) is 5.32 Å². The second-order valence-electron chi connectivity index (χ2n) is 8.82. The molecule has 3 aromatic carbocycles. The van der Waals surface area contributed by atoms with E-state index in [0.717, 1.165) is 25.7 Å². The van der Waals surface area contributed by atoms with Crippen molar-refractivity contribution in [1.29, 1.82) is 5.41 Å². The quantitative estimate of drug-likeness (QED) is 0.237. The van der Waals surface area contributed by atoms with E-state index in [4.69, 9.17) is 32.1 Å². The number of nitrogens with one attached hydrogen (secondary N) is 2. The van der Waals surface area contributed by atoms with Crippen LogP contribution in [-0.2, 0) is 4.79 Å². The molecule has 4 rings (SSSR count). The van der Waals surface area contributed by atoms with E-state index >= 15 is 0 Å². The lowest BCUT2D eigenvalue weighted by atomic mass is 9.86. The zero-order valence-electron chi connectivity index (χ0n) is 19.7. The fourth-order valence-corrected chi connectivity index (χ4v) is 4.05. The molecule has 3 aromatic rings. The second-order valence-corrected chi connectivity index (χ2v) is 8.82. The maximum absolute atomic E-state index is 12.9. The van der Waals surface area contributed by atoms with E-state index in [-0.39, 0.29) is 23.7 Å². The number of nitrogens with two attached hydrogens (primary N) is 3. The second kappa shape index (κ2) is 10.9. The first-order valence-corrected chi connectivity index (χ1v) is 11.7. The van der Waals surface area contributed by atoms with Gasteiger partial charge in [0.05, 0.1) is 0 Å². The van der Waals surface area contributed by atoms with Crippen LogP contribution in [0, 0.1) is 11.3 Å². The molecule has 8 N–H and O–H groups in total. The summed E-state index contributed by atoms with van der Waals surface area (Å²) in [6.45, 7) is 0. The first-order valence-electron chi connectivity index (χ1n) is 11.7. The van der Waals surface area contributed by atoms with Crippen molar-refractivity contribution in [2.45, 2.75) is 31.7 Å². The summed E-state index contributed by atoms with van der Waals surface area (Å²) in [6.07, 6.45) is 3.16. The van der Waals surface area contributed by atoms with Gasteiger partial charge in [-0.05, 0) is 74.2 Å². The van der Waals surface area contributed by atoms with Gasteiger partial charge in [-0.3, -0.25) is 15.0 Å². The number of primary amides is 1. The molecular weight excluding hydrogens is 458 g/mol. The van der Waals surface area contributed by atoms with E-state index < -0.39 is 5.91 Å². The average Bonchev–Trinajstić information content (AvgIpc) is 2.85. The number of anilines is 1. The van der Waals surface area contributed by atoms with Crippen molar-refractivity contribution in [2.75, 3.05) is 5.32 Å². The Bertz CT molecular complexity index is 1170. The number of rotatable bonds is 8. The first-order chi connectivity index (χ1) is 17.3. The van der Waals surface area contributed by atoms with Crippen molar-refractivity contribution in [2.24, 2.45) is 23.1 Å². The van der Waals surface area contributed by atoms with Gasteiger partial charge in [0, 0.05) is 47.0 Å². The third-order valence-corrected chi connectivity index (χ3v) is 6.07. The van der Waals surface area contributed by atoms with Crippen LogP contribution in [0.3, 0.4) is 0 Å². The van der Waals surface area contributed by atoms with E-state index in [1.54, 1.807) is 66.7 Å². The minimum atomic E-state index is -0.526. The van der Waals surface area contributed by atoms with Crippen molar-refractivity contribution in [3.05, 3.63) is 77.9 Å². The predicted octanol–water partition coefficient (Wildman–Crippen LogP) is 4.11. The summed E-state index contributed by atoms with van der Waals surface area (Å²) in [5.74, 6) is 1.16. The number of nitrogen functional groups attached to an aromatic ring is 1. The van der Waals surface area contributed by atoms with Crippen molar-refractivity contribution in [1.82, 2.24) is 0 Å². The molecule has 9 heteroatoms. The Balaban J connectivity index is 1.57. The highest BCUT2D eigenvalue weighted by Gasteiger charge is 2.25. The predicted molar refractivity (Wildman–Crippen MR) is 138 cm³/mol. The normalized spacial score (nSPS) is 17.1. The molecule has 1 fully saturated rings. The summed E-state index contributed by atoms with van der Waals surface area (Å²) >= 11 is 0. The summed E-state index contributed by atoms with van der Waals surface area (Å²) in [5.41, 5.74) is 18.3. The molecule has 0 bridgehead atoms. The molecule has 0 atom stereocenters. The third-order valence-electron chi connectivity index (χ3n) is 6.07. The fourth-order valence-electron chi connectivity index (χ4n) is 4.05. The number of hydrogen-bond donors (Lipinski definition) is 5. The van der Waals surface area contributed by atoms with E-state index in [1.807, 2.05) is 0 Å². The number of carbonyl (C=O) groups is 2. The van der Waals surface area contributed by atoms with Crippen LogP contribution in [0.4, 0.5) is 5.69 Å². The van der Waals surface area contributed by atoms with E-state index in [0.29, 0.717) is 39.8 Å². The zero-order chi connectivity index (χ0) is 25.7. The van der Waals surface area contributed by atoms with Crippen LogP contribution in [-0.4, -0.2) is 23.7 Å². The first kappa shape index (κ1) is 24.7. The fraction of sp³-hybridized carbons (Fsp3) is 0.222. The number of hydrogen-bond acceptors (Lipinski definition) is 6. The summed E-state index contributed by atoms with van der Waals surface area (Å²) in [4.78, 5) is 24.2. The van der Waals surface area contributed by atoms with Crippen molar-refractivity contribution < 1.29 is 19.1 Å². The van der Waals surface area contributed by atoms with Crippen molar-refractivity contribution in [3.8, 4) is 23.0 Å². The lowest BCUT2D eigenvalue weighted by Crippen LogP contribution is -2.32. The smallest absolute Gasteiger partial charge is 0.248 e. The lowest BCUT2D eigenvalue weighted by molar-refractivity contribution is -0.120. The van der Waals surface area contributed by atoms with Gasteiger partial charge in [0.2, 0.25) is 11.8 Å². The number of amides is 2. The Kier molecular flexibility index (Phi) is 7.50. The van der Waals surface area contributed by atoms with Crippen LogP contribution < -0.4 is 32.0 Å². The van der Waals surface area contributed by atoms with Crippen LogP contribution in [0.2, 0.25) is 0 Å². The van der Waals surface area contributed by atoms with Gasteiger partial charge in [0.25, 0.3) is 0 Å². The Morgan fingerprint density at radius 2 is 1.25 bits per heavy atom. The molecule has 9 nitrogen and oxygen atoms in total. The Hall–Kier alpha value is -4.37. The minimum absolute atomic E-state index is 0.0343. The monoisotopic (exact) mass is 487 g/mol. The van der Waals surface area contributed by atoms with Crippen LogP contribution in [0.25, 0.3) is 0 Å². The maximum atomic E-state index is 12.9. The average molecular weight is 488 g/mol. The molecular formula is C27H29N5O4. The molecule has 186 valence electrons. The van der Waals surface area contributed by atoms with Crippen LogP contribution in [0.5, 0.6) is 23.0 Å². The summed E-state index contributed by atoms with van der Waals surface area (Å²) in [6, 6.07) is 18.5. The van der Waals surface area contributed by atoms with E-state index in [1.165, 1.54) is 0 Å². The lowest BCUT2D eigenvalue weighted by Gasteiger charge is -2.25. The van der Waals surface area contributed by atoms with Crippen LogP contribution in [0.15, 0.2) is 66.7 Å². The largest absolute Gasteiger partial charge is 0.457 e. The Labute approximate surface area is 209 Å². The van der Waals surface area contributed by atoms with Gasteiger partial charge in [-0.25, -0.2) is 0 Å². The van der Waals surface area contributed by atoms with Gasteiger partial charge in [0.1, 0.15) is 28.8 Å². The standard InChI is InChI=1S/C27H29N5O4/c28-19-7-1-18(2-8-19)27(34)32-20-13-23(35-21-9-3-16(4-10-21)25(29)30)15-24(14-20)36-22-11-5-17(6-12-22)26(31)33/h3-6,9-15,18-19H,1-2,7-8,28H2,(H3,29,30)(H2,31,33)(H,32,34). The van der Waals surface area contributed by atoms with Gasteiger partial charge >= 0.3 is 0 Å². The summed E-state index contributed by atoms with van der Waals surface area (Å²) in [5, 5.41) is 10.5. The molecule has 0 radical (unpaired) electrons. The summed E-state index contributed by atoms with van der Waals surface area (Å²) in [7, 11) is 0. The Morgan fingerprint density at radius 3 is 1.72 bits per heavy atom. The molecule has 1 saturated carbocycles. The molecule has 0 aromatic heterocycles. The summed E-state index contributed by atoms with van der Waals surface area (Å²) < 4.78 is 12.0. The number of carbonyl (C=O) groups excluding carboxylic acids is 2. The van der Waals surface area contributed by atoms with Crippen molar-refractivity contribution in [3.63, 3.8) is 0 Å². The van der Waals surface area contributed by atoms with E-state index in [9.17, 15) is 9.59 Å². The number of amidine groups is 1. The molecule has 36 heavy (non-hydrogen) atoms. The molecule has 0 unspecified atom stereocenters. The van der Waals surface area contributed by atoms with Gasteiger partial charge in [-0.2, -0.15) is 0 Å². The molecule has 1 aliphatic rings. The third kappa shape index (κ3) is 6.39. The Morgan fingerprint density at radius 1 is 0.750 bits per heavy atom. The highest BCUT2D eigenvalue weighted by atomic mass is 16.5. The minimum Gasteiger partial charge on any atom is -0.457 e. The van der Waals surface area contributed by atoms with Gasteiger partial charge in [0.15, 0.2) is 0 Å². The van der Waals surface area contributed by atoms with Crippen LogP contribution in [0.1, 0.15) is 41.6 Å². The number of ether oxygens (including phenoxy) is 2. The molecule has 0 spiro atoms. The van der Waals surface area contributed by atoms with Gasteiger partial charge in [-0.1, -0.05) is 0 Å². The molecule has 0 heterocycles. The highest BCUT2D eigenvalue weighted by Crippen LogP contribution is 2.33. The zero-order valence-corrected chi connectivity index (χ0v) is 19.7. The molecule has 1 aliphatic carbocycles. The van der Waals surface area contributed by atoms with Gasteiger partial charge < -0.3 is 32.0 Å². The van der Waals surface area contributed by atoms with Crippen molar-refractivity contribution >= 4 is 23.3 Å². The SMILES string of the molecule is N=C(N)c1ccc(Oc2cc(NC(=O)C3CCC(N)CC3)cc(Oc3ccc(C(N)=O)cc3)c2)cc1. The van der Waals surface area contributed by atoms with Gasteiger partial charge in [-0.15, -0.1) is 0 Å². The molecule has 2 amide bonds. The topological polar surface area (TPSA) is 167 Å². The molecule has 0 saturated heterocycles. The number of benzene rings is 3.